The number of benzene rings is 1. The van der Waals surface area contributed by atoms with E-state index in [1.54, 1.807) is 0 Å². The fraction of sp³-hybridized carbons (Fsp3) is 0.235. The van der Waals surface area contributed by atoms with Crippen LogP contribution in [-0.4, -0.2) is 40.5 Å². The van der Waals surface area contributed by atoms with Crippen LogP contribution in [0.3, 0.4) is 0 Å². The van der Waals surface area contributed by atoms with E-state index in [0.29, 0.717) is 0 Å². The van der Waals surface area contributed by atoms with Crippen LogP contribution in [0.25, 0.3) is 0 Å². The molecule has 0 aliphatic carbocycles. The van der Waals surface area contributed by atoms with Crippen molar-refractivity contribution in [3.8, 4) is 5.88 Å². The van der Waals surface area contributed by atoms with Gasteiger partial charge >= 0.3 is 5.97 Å². The molecule has 1 atom stereocenters. The van der Waals surface area contributed by atoms with Gasteiger partial charge < -0.3 is 14.7 Å². The summed E-state index contributed by atoms with van der Waals surface area (Å²) in [7, 11) is 1.34. The van der Waals surface area contributed by atoms with Crippen LogP contribution in [0.1, 0.15) is 27.5 Å². The van der Waals surface area contributed by atoms with Gasteiger partial charge in [0, 0.05) is 12.7 Å². The Morgan fingerprint density at radius 2 is 2.08 bits per heavy atom. The molecule has 1 aromatic heterocycles. The van der Waals surface area contributed by atoms with Crippen LogP contribution < -0.4 is 4.74 Å². The van der Waals surface area contributed by atoms with Crippen molar-refractivity contribution in [2.45, 2.75) is 12.5 Å². The largest absolute Gasteiger partial charge is 0.480 e. The molecule has 0 saturated carbocycles. The van der Waals surface area contributed by atoms with E-state index in [4.69, 9.17) is 4.74 Å². The van der Waals surface area contributed by atoms with Crippen LogP contribution in [0.5, 0.6) is 5.88 Å². The zero-order valence-electron chi connectivity index (χ0n) is 13.2. The molecule has 0 saturated heterocycles. The maximum atomic E-state index is 14.0. The smallest absolute Gasteiger partial charge is 0.331 e. The van der Waals surface area contributed by atoms with Crippen molar-refractivity contribution in [3.63, 3.8) is 0 Å². The molecule has 1 aliphatic heterocycles. The summed E-state index contributed by atoms with van der Waals surface area (Å²) < 4.78 is 32.5. The maximum absolute atomic E-state index is 14.0. The van der Waals surface area contributed by atoms with Crippen LogP contribution in [0.15, 0.2) is 30.5 Å². The van der Waals surface area contributed by atoms with E-state index in [1.807, 2.05) is 0 Å². The summed E-state index contributed by atoms with van der Waals surface area (Å²) in [5, 5.41) is 9.58. The number of carbonyl (C=O) groups excluding carboxylic acids is 1. The van der Waals surface area contributed by atoms with Gasteiger partial charge in [-0.2, -0.15) is 0 Å². The standard InChI is InChI=1S/C17H14F2N2O4/c1-25-15-11(3-2-7-20-15)16(22)21-8-6-9-10(14(21)17(23)24)4-5-12(18)13(9)19/h2-5,7,14H,6,8H2,1H3,(H,23,24). The molecule has 130 valence electrons. The molecular formula is C17H14F2N2O4. The van der Waals surface area contributed by atoms with E-state index < -0.39 is 29.6 Å². The van der Waals surface area contributed by atoms with E-state index in [9.17, 15) is 23.5 Å². The molecular weight excluding hydrogens is 334 g/mol. The normalized spacial score (nSPS) is 16.3. The lowest BCUT2D eigenvalue weighted by Gasteiger charge is -2.35. The van der Waals surface area contributed by atoms with Gasteiger partial charge in [-0.15, -0.1) is 0 Å². The quantitative estimate of drug-likeness (QED) is 0.920. The fourth-order valence-corrected chi connectivity index (χ4v) is 3.00. The first kappa shape index (κ1) is 16.8. The third-order valence-corrected chi connectivity index (χ3v) is 4.13. The molecule has 2 heterocycles. The van der Waals surface area contributed by atoms with Crippen LogP contribution in [0.4, 0.5) is 8.78 Å². The van der Waals surface area contributed by atoms with Gasteiger partial charge in [-0.1, -0.05) is 6.07 Å². The highest BCUT2D eigenvalue weighted by atomic mass is 19.2. The van der Waals surface area contributed by atoms with E-state index in [-0.39, 0.29) is 35.5 Å². The minimum Gasteiger partial charge on any atom is -0.480 e. The lowest BCUT2D eigenvalue weighted by molar-refractivity contribution is -0.143. The zero-order valence-corrected chi connectivity index (χ0v) is 13.2. The zero-order chi connectivity index (χ0) is 18.1. The third kappa shape index (κ3) is 2.79. The van der Waals surface area contributed by atoms with E-state index in [2.05, 4.69) is 4.98 Å². The van der Waals surface area contributed by atoms with E-state index in [0.717, 1.165) is 11.0 Å². The predicted molar refractivity (Wildman–Crippen MR) is 82.3 cm³/mol. The second kappa shape index (κ2) is 6.46. The molecule has 8 heteroatoms. The first-order chi connectivity index (χ1) is 12.0. The molecule has 1 N–H and O–H groups in total. The van der Waals surface area contributed by atoms with Gasteiger partial charge in [0.25, 0.3) is 5.91 Å². The number of methoxy groups -OCH3 is 1. The number of pyridine rings is 1. The third-order valence-electron chi connectivity index (χ3n) is 4.13. The van der Waals surface area contributed by atoms with Crippen molar-refractivity contribution in [1.29, 1.82) is 0 Å². The number of hydrogen-bond acceptors (Lipinski definition) is 4. The van der Waals surface area contributed by atoms with E-state index >= 15 is 0 Å². The number of nitrogens with zero attached hydrogens (tertiary/aromatic N) is 2. The Kier molecular flexibility index (Phi) is 4.35. The maximum Gasteiger partial charge on any atom is 0.331 e. The molecule has 1 aliphatic rings. The highest BCUT2D eigenvalue weighted by Gasteiger charge is 2.38. The Balaban J connectivity index is 2.06. The summed E-state index contributed by atoms with van der Waals surface area (Å²) >= 11 is 0. The Labute approximate surface area is 141 Å². The van der Waals surface area contributed by atoms with Gasteiger partial charge in [-0.25, -0.2) is 18.6 Å². The number of hydrogen-bond donors (Lipinski definition) is 1. The Hall–Kier alpha value is -3.03. The van der Waals surface area contributed by atoms with Gasteiger partial charge in [0.2, 0.25) is 5.88 Å². The molecule has 1 aromatic carbocycles. The molecule has 3 rings (SSSR count). The summed E-state index contributed by atoms with van der Waals surface area (Å²) in [4.78, 5) is 29.6. The topological polar surface area (TPSA) is 79.7 Å². The second-order valence-electron chi connectivity index (χ2n) is 5.48. The Bertz CT molecular complexity index is 857. The number of ether oxygens (including phenoxy) is 1. The van der Waals surface area contributed by atoms with Crippen molar-refractivity contribution in [2.24, 2.45) is 0 Å². The number of carbonyl (C=O) groups is 2. The predicted octanol–water partition coefficient (Wildman–Crippen LogP) is 2.19. The van der Waals surface area contributed by atoms with Crippen LogP contribution in [-0.2, 0) is 11.2 Å². The molecule has 0 spiro atoms. The summed E-state index contributed by atoms with van der Waals surface area (Å²) in [6.07, 6.45) is 1.45. The SMILES string of the molecule is COc1ncccc1C(=O)N1CCc2c(ccc(F)c2F)C1C(=O)O. The minimum atomic E-state index is -1.42. The second-order valence-corrected chi connectivity index (χ2v) is 5.48. The van der Waals surface area contributed by atoms with Crippen molar-refractivity contribution < 1.29 is 28.2 Å². The number of carboxylic acid groups (broad SMARTS) is 1. The average Bonchev–Trinajstić information content (AvgIpc) is 2.63. The van der Waals surface area contributed by atoms with Crippen LogP contribution in [0.2, 0.25) is 0 Å². The van der Waals surface area contributed by atoms with Crippen molar-refractivity contribution in [3.05, 3.63) is 58.8 Å². The van der Waals surface area contributed by atoms with Gasteiger partial charge in [-0.05, 0) is 35.7 Å². The summed E-state index contributed by atoms with van der Waals surface area (Å²) in [6.45, 7) is -0.0682. The molecule has 6 nitrogen and oxygen atoms in total. The number of aliphatic carboxylic acids is 1. The fourth-order valence-electron chi connectivity index (χ4n) is 3.00. The molecule has 2 aromatic rings. The van der Waals surface area contributed by atoms with Gasteiger partial charge in [0.15, 0.2) is 17.7 Å². The van der Waals surface area contributed by atoms with Crippen LogP contribution >= 0.6 is 0 Å². The summed E-state index contributed by atoms with van der Waals surface area (Å²) in [5.41, 5.74) is 0.144. The lowest BCUT2D eigenvalue weighted by atomic mass is 9.91. The number of halogens is 2. The van der Waals surface area contributed by atoms with Gasteiger partial charge in [0.1, 0.15) is 5.56 Å². The number of rotatable bonds is 3. The van der Waals surface area contributed by atoms with Crippen LogP contribution in [0, 0.1) is 11.6 Å². The average molecular weight is 348 g/mol. The highest BCUT2D eigenvalue weighted by molar-refractivity contribution is 5.99. The molecule has 1 amide bonds. The minimum absolute atomic E-state index is 0.0109. The van der Waals surface area contributed by atoms with Gasteiger partial charge in [-0.3, -0.25) is 4.79 Å². The monoisotopic (exact) mass is 348 g/mol. The number of fused-ring (bicyclic) bond motifs is 1. The molecule has 0 bridgehead atoms. The van der Waals surface area contributed by atoms with Gasteiger partial charge in [0.05, 0.1) is 7.11 Å². The summed E-state index contributed by atoms with van der Waals surface area (Å²) in [5.74, 6) is -3.99. The van der Waals surface area contributed by atoms with Crippen molar-refractivity contribution >= 4 is 11.9 Å². The van der Waals surface area contributed by atoms with E-state index in [1.165, 1.54) is 31.5 Å². The number of carboxylic acids is 1. The molecule has 0 radical (unpaired) electrons. The first-order valence-electron chi connectivity index (χ1n) is 7.45. The highest BCUT2D eigenvalue weighted by Crippen LogP contribution is 2.34. The molecule has 1 unspecified atom stereocenters. The first-order valence-corrected chi connectivity index (χ1v) is 7.45. The molecule has 0 fully saturated rings. The van der Waals surface area contributed by atoms with Crippen molar-refractivity contribution in [2.75, 3.05) is 13.7 Å². The molecule has 25 heavy (non-hydrogen) atoms. The Morgan fingerprint density at radius 1 is 1.32 bits per heavy atom. The number of amides is 1. The summed E-state index contributed by atoms with van der Waals surface area (Å²) in [6, 6.07) is 3.64. The Morgan fingerprint density at radius 3 is 2.76 bits per heavy atom. The number of aromatic nitrogens is 1. The lowest BCUT2D eigenvalue weighted by Crippen LogP contribution is -2.44. The van der Waals surface area contributed by atoms with Crippen molar-refractivity contribution in [1.82, 2.24) is 9.88 Å².